The average molecular weight is 315 g/mol. The van der Waals surface area contributed by atoms with Crippen LogP contribution in [-0.2, 0) is 9.53 Å². The number of unbranched alkanes of at least 4 members (excludes halogenated alkanes) is 1. The fourth-order valence-electron chi connectivity index (χ4n) is 1.90. The Morgan fingerprint density at radius 2 is 2.22 bits per heavy atom. The van der Waals surface area contributed by atoms with Gasteiger partial charge in [-0.25, -0.2) is 0 Å². The Kier molecular flexibility index (Phi) is 6.36. The number of methoxy groups -OCH3 is 1. The van der Waals surface area contributed by atoms with Crippen LogP contribution in [0.5, 0.6) is 0 Å². The summed E-state index contributed by atoms with van der Waals surface area (Å²) in [5.41, 5.74) is 0.732. The number of hydrogen-bond acceptors (Lipinski definition) is 3. The van der Waals surface area contributed by atoms with E-state index in [9.17, 15) is 9.90 Å². The molecule has 2 unspecified atom stereocenters. The zero-order chi connectivity index (χ0) is 13.5. The third-order valence-corrected chi connectivity index (χ3v) is 3.44. The van der Waals surface area contributed by atoms with Crippen molar-refractivity contribution in [1.29, 1.82) is 0 Å². The van der Waals surface area contributed by atoms with Gasteiger partial charge in [0.25, 0.3) is 0 Å². The van der Waals surface area contributed by atoms with Crippen molar-refractivity contribution >= 4 is 21.9 Å². The second kappa shape index (κ2) is 7.54. The van der Waals surface area contributed by atoms with Gasteiger partial charge in [-0.3, -0.25) is 4.79 Å². The van der Waals surface area contributed by atoms with E-state index >= 15 is 0 Å². The van der Waals surface area contributed by atoms with Gasteiger partial charge in [0.2, 0.25) is 0 Å². The fourth-order valence-corrected chi connectivity index (χ4v) is 2.32. The highest BCUT2D eigenvalue weighted by atomic mass is 79.9. The smallest absolute Gasteiger partial charge is 0.311 e. The van der Waals surface area contributed by atoms with Crippen LogP contribution in [0.3, 0.4) is 0 Å². The lowest BCUT2D eigenvalue weighted by Gasteiger charge is -2.21. The van der Waals surface area contributed by atoms with Crippen molar-refractivity contribution < 1.29 is 14.6 Å². The van der Waals surface area contributed by atoms with Gasteiger partial charge >= 0.3 is 5.97 Å². The quantitative estimate of drug-likeness (QED) is 0.818. The minimum absolute atomic E-state index is 0.351. The van der Waals surface area contributed by atoms with Crippen LogP contribution in [-0.4, -0.2) is 18.2 Å². The van der Waals surface area contributed by atoms with E-state index in [-0.39, 0.29) is 5.97 Å². The molecule has 3 nitrogen and oxygen atoms in total. The maximum absolute atomic E-state index is 11.7. The Balaban J connectivity index is 2.87. The number of hydrogen-bond donors (Lipinski definition) is 1. The molecule has 4 heteroatoms. The first kappa shape index (κ1) is 15.2. The molecule has 0 fully saturated rings. The van der Waals surface area contributed by atoms with Crippen molar-refractivity contribution in [3.63, 3.8) is 0 Å². The van der Waals surface area contributed by atoms with Gasteiger partial charge in [0.05, 0.1) is 19.1 Å². The minimum Gasteiger partial charge on any atom is -0.469 e. The molecule has 0 aliphatic carbocycles. The highest BCUT2D eigenvalue weighted by Gasteiger charge is 2.28. The molecule has 1 rings (SSSR count). The molecule has 0 amide bonds. The molecule has 1 N–H and O–H groups in total. The molecular weight excluding hydrogens is 296 g/mol. The molecule has 18 heavy (non-hydrogen) atoms. The van der Waals surface area contributed by atoms with Crippen molar-refractivity contribution in [2.45, 2.75) is 32.3 Å². The van der Waals surface area contributed by atoms with Crippen LogP contribution in [0.1, 0.15) is 37.9 Å². The van der Waals surface area contributed by atoms with Gasteiger partial charge in [-0.1, -0.05) is 47.8 Å². The summed E-state index contributed by atoms with van der Waals surface area (Å²) in [5.74, 6) is -0.847. The summed E-state index contributed by atoms with van der Waals surface area (Å²) >= 11 is 3.36. The molecule has 1 aromatic carbocycles. The normalized spacial score (nSPS) is 14.0. The van der Waals surface area contributed by atoms with Crippen molar-refractivity contribution in [2.24, 2.45) is 5.92 Å². The number of carbonyl (C=O) groups is 1. The maximum Gasteiger partial charge on any atom is 0.311 e. The van der Waals surface area contributed by atoms with E-state index < -0.39 is 12.0 Å². The van der Waals surface area contributed by atoms with Gasteiger partial charge in [0.15, 0.2) is 0 Å². The maximum atomic E-state index is 11.7. The first-order valence-corrected chi connectivity index (χ1v) is 6.90. The van der Waals surface area contributed by atoms with Crippen LogP contribution in [0.2, 0.25) is 0 Å². The van der Waals surface area contributed by atoms with Gasteiger partial charge in [-0.05, 0) is 24.1 Å². The fraction of sp³-hybridized carbons (Fsp3) is 0.500. The first-order chi connectivity index (χ1) is 8.60. The van der Waals surface area contributed by atoms with E-state index in [2.05, 4.69) is 22.9 Å². The van der Waals surface area contributed by atoms with Crippen LogP contribution in [0, 0.1) is 5.92 Å². The van der Waals surface area contributed by atoms with E-state index in [0.29, 0.717) is 6.42 Å². The van der Waals surface area contributed by atoms with E-state index in [1.165, 1.54) is 7.11 Å². The predicted molar refractivity (Wildman–Crippen MR) is 74.1 cm³/mol. The lowest BCUT2D eigenvalue weighted by molar-refractivity contribution is -0.150. The molecule has 0 heterocycles. The number of halogens is 1. The van der Waals surface area contributed by atoms with Gasteiger partial charge in [-0.15, -0.1) is 0 Å². The Hall–Kier alpha value is -0.870. The Morgan fingerprint density at radius 3 is 2.78 bits per heavy atom. The second-order valence-electron chi connectivity index (χ2n) is 4.27. The van der Waals surface area contributed by atoms with Crippen molar-refractivity contribution in [3.05, 3.63) is 34.3 Å². The second-order valence-corrected chi connectivity index (χ2v) is 5.19. The highest BCUT2D eigenvalue weighted by Crippen LogP contribution is 2.28. The summed E-state index contributed by atoms with van der Waals surface area (Å²) in [5, 5.41) is 10.3. The third kappa shape index (κ3) is 4.10. The van der Waals surface area contributed by atoms with Crippen molar-refractivity contribution in [3.8, 4) is 0 Å². The van der Waals surface area contributed by atoms with Crippen LogP contribution in [0.4, 0.5) is 0 Å². The van der Waals surface area contributed by atoms with Crippen LogP contribution in [0.25, 0.3) is 0 Å². The summed E-state index contributed by atoms with van der Waals surface area (Å²) < 4.78 is 5.66. The molecule has 0 aliphatic heterocycles. The Labute approximate surface area is 116 Å². The number of aliphatic hydroxyl groups is 1. The van der Waals surface area contributed by atoms with E-state index in [4.69, 9.17) is 4.74 Å². The number of esters is 1. The molecule has 1 aromatic rings. The summed E-state index contributed by atoms with van der Waals surface area (Å²) in [6, 6.07) is 7.37. The highest BCUT2D eigenvalue weighted by molar-refractivity contribution is 9.10. The molecule has 0 saturated carbocycles. The van der Waals surface area contributed by atoms with Gasteiger partial charge in [0.1, 0.15) is 0 Å². The molecule has 0 spiro atoms. The third-order valence-electron chi connectivity index (χ3n) is 2.94. The number of carbonyl (C=O) groups excluding carboxylic acids is 1. The number of benzene rings is 1. The number of aliphatic hydroxyl groups excluding tert-OH is 1. The Morgan fingerprint density at radius 1 is 1.50 bits per heavy atom. The van der Waals surface area contributed by atoms with Gasteiger partial charge < -0.3 is 9.84 Å². The monoisotopic (exact) mass is 314 g/mol. The van der Waals surface area contributed by atoms with E-state index in [1.54, 1.807) is 0 Å². The average Bonchev–Trinajstić information content (AvgIpc) is 2.38. The predicted octanol–water partition coefficient (Wildman–Crippen LogP) is 3.46. The summed E-state index contributed by atoms with van der Waals surface area (Å²) in [6.07, 6.45) is 1.70. The lowest BCUT2D eigenvalue weighted by atomic mass is 9.91. The SMILES string of the molecule is CCCCC(C(=O)OC)C(O)c1cccc(Br)c1. The number of ether oxygens (including phenoxy) is 1. The van der Waals surface area contributed by atoms with Gasteiger partial charge in [-0.2, -0.15) is 0 Å². The summed E-state index contributed by atoms with van der Waals surface area (Å²) in [7, 11) is 1.36. The largest absolute Gasteiger partial charge is 0.469 e. The molecule has 0 aliphatic rings. The first-order valence-electron chi connectivity index (χ1n) is 6.11. The lowest BCUT2D eigenvalue weighted by Crippen LogP contribution is -2.23. The molecule has 0 radical (unpaired) electrons. The molecule has 100 valence electrons. The summed E-state index contributed by atoms with van der Waals surface area (Å²) in [6.45, 7) is 2.06. The molecule has 2 atom stereocenters. The van der Waals surface area contributed by atoms with Crippen LogP contribution >= 0.6 is 15.9 Å². The standard InChI is InChI=1S/C14H19BrO3/c1-3-4-8-12(14(17)18-2)13(16)10-6-5-7-11(15)9-10/h5-7,9,12-13,16H,3-4,8H2,1-2H3. The molecule has 0 bridgehead atoms. The van der Waals surface area contributed by atoms with E-state index in [0.717, 1.165) is 22.9 Å². The molecule has 0 aromatic heterocycles. The van der Waals surface area contributed by atoms with E-state index in [1.807, 2.05) is 24.3 Å². The summed E-state index contributed by atoms with van der Waals surface area (Å²) in [4.78, 5) is 11.7. The van der Waals surface area contributed by atoms with Gasteiger partial charge in [0, 0.05) is 4.47 Å². The van der Waals surface area contributed by atoms with Crippen LogP contribution < -0.4 is 0 Å². The van der Waals surface area contributed by atoms with Crippen molar-refractivity contribution in [1.82, 2.24) is 0 Å². The minimum atomic E-state index is -0.818. The molecule has 0 saturated heterocycles. The Bertz CT molecular complexity index is 392. The van der Waals surface area contributed by atoms with Crippen molar-refractivity contribution in [2.75, 3.05) is 7.11 Å². The topological polar surface area (TPSA) is 46.5 Å². The number of rotatable bonds is 6. The molecular formula is C14H19BrO3. The zero-order valence-electron chi connectivity index (χ0n) is 10.7. The zero-order valence-corrected chi connectivity index (χ0v) is 12.3. The van der Waals surface area contributed by atoms with Crippen LogP contribution in [0.15, 0.2) is 28.7 Å².